The van der Waals surface area contributed by atoms with Gasteiger partial charge in [-0.1, -0.05) is 75.9 Å². The minimum absolute atomic E-state index is 0. The van der Waals surface area contributed by atoms with Crippen LogP contribution in [0.3, 0.4) is 0 Å². The fraction of sp³-hybridized carbons (Fsp3) is 0.381. The quantitative estimate of drug-likeness (QED) is 0.0710. The standard InChI is InChI=1S/C32H32N2O5.C30H36N2O7.CH4/c1-21-29(33-31(38-21)24-10-12-25(36-2)13-11-24)16-17-37-26-14-8-23(9-15-26)30-27-19-34(20-28(27)32(35)39-30)18-22-6-4-3-5-7-22;1-19(2)18-38-30(35)32-16-23(26(17-32)29(33)34)15-21-5-9-25(10-6-21)37-14-13-27-20(3)39-28(31-27)22-7-11-24(36-4)12-8-22;/h3-15,27-28,30H,16-20H2,1-2H3;5-12,19,23,26H,13-18H2,1-4H3,(H,33,34);1H4/t27-,28+,30+;23-,26+;/m01./s1. The van der Waals surface area contributed by atoms with Gasteiger partial charge in [-0.2, -0.15) is 0 Å². The van der Waals surface area contributed by atoms with Crippen LogP contribution in [0.1, 0.15) is 67.0 Å². The third-order valence-corrected chi connectivity index (χ3v) is 14.5. The third-order valence-electron chi connectivity index (χ3n) is 14.5. The number of aliphatic carboxylic acids is 1. The topological polar surface area (TPSA) is 185 Å². The number of carboxylic acid groups (broad SMARTS) is 1. The average molecular weight is 1080 g/mol. The molecule has 79 heavy (non-hydrogen) atoms. The van der Waals surface area contributed by atoms with E-state index in [2.05, 4.69) is 39.1 Å². The number of aryl methyl sites for hydroxylation is 2. The van der Waals surface area contributed by atoms with Crippen LogP contribution in [0.25, 0.3) is 22.9 Å². The number of cyclic esters (lactones) is 1. The first-order valence-electron chi connectivity index (χ1n) is 26.6. The zero-order valence-electron chi connectivity index (χ0n) is 45.1. The zero-order valence-corrected chi connectivity index (χ0v) is 45.1. The Labute approximate surface area is 462 Å². The number of likely N-dealkylation sites (tertiary alicyclic amines) is 2. The number of ether oxygens (including phenoxy) is 6. The molecule has 0 bridgehead atoms. The van der Waals surface area contributed by atoms with Gasteiger partial charge in [-0.25, -0.2) is 14.8 Å². The van der Waals surface area contributed by atoms with Crippen LogP contribution in [-0.2, 0) is 44.9 Å². The van der Waals surface area contributed by atoms with E-state index in [1.54, 1.807) is 14.2 Å². The van der Waals surface area contributed by atoms with E-state index in [1.807, 2.05) is 131 Å². The first-order valence-corrected chi connectivity index (χ1v) is 26.6. The fourth-order valence-corrected chi connectivity index (χ4v) is 10.2. The van der Waals surface area contributed by atoms with Gasteiger partial charge in [-0.15, -0.1) is 0 Å². The highest BCUT2D eigenvalue weighted by atomic mass is 16.6. The summed E-state index contributed by atoms with van der Waals surface area (Å²) in [5.74, 6) is 4.29. The molecule has 0 saturated carbocycles. The van der Waals surface area contributed by atoms with E-state index < -0.39 is 18.0 Å². The maximum absolute atomic E-state index is 12.6. The number of carbonyl (C=O) groups is 3. The molecule has 3 fully saturated rings. The Morgan fingerprint density at radius 1 is 0.671 bits per heavy atom. The van der Waals surface area contributed by atoms with Crippen molar-refractivity contribution in [1.82, 2.24) is 19.8 Å². The summed E-state index contributed by atoms with van der Waals surface area (Å²) < 4.78 is 45.2. The molecule has 1 amide bonds. The summed E-state index contributed by atoms with van der Waals surface area (Å²) in [6, 6.07) is 41.2. The molecule has 16 nitrogen and oxygen atoms in total. The summed E-state index contributed by atoms with van der Waals surface area (Å²) >= 11 is 0. The van der Waals surface area contributed by atoms with Crippen molar-refractivity contribution in [1.29, 1.82) is 0 Å². The zero-order chi connectivity index (χ0) is 54.7. The Bertz CT molecular complexity index is 3080. The third kappa shape index (κ3) is 14.5. The summed E-state index contributed by atoms with van der Waals surface area (Å²) in [6.07, 6.45) is 1.12. The minimum Gasteiger partial charge on any atom is -0.497 e. The molecule has 3 aliphatic heterocycles. The molecule has 0 spiro atoms. The average Bonchev–Trinajstić information content (AvgIpc) is 4.30. The molecule has 16 heteroatoms. The molecule has 0 aliphatic carbocycles. The van der Waals surface area contributed by atoms with E-state index in [4.69, 9.17) is 37.3 Å². The summed E-state index contributed by atoms with van der Waals surface area (Å²) in [5, 5.41) is 9.71. The van der Waals surface area contributed by atoms with Gasteiger partial charge in [0, 0.05) is 62.6 Å². The number of hydrogen-bond donors (Lipinski definition) is 1. The van der Waals surface area contributed by atoms with Crippen LogP contribution in [0.2, 0.25) is 0 Å². The molecule has 3 saturated heterocycles. The lowest BCUT2D eigenvalue weighted by molar-refractivity contribution is -0.145. The molecule has 7 aromatic rings. The van der Waals surface area contributed by atoms with Crippen LogP contribution in [0, 0.1) is 43.4 Å². The van der Waals surface area contributed by atoms with Crippen LogP contribution >= 0.6 is 0 Å². The summed E-state index contributed by atoms with van der Waals surface area (Å²) in [6.45, 7) is 12.0. The van der Waals surface area contributed by atoms with Crippen LogP contribution in [0.4, 0.5) is 4.79 Å². The molecular weight excluding hydrogens is 1000 g/mol. The van der Waals surface area contributed by atoms with Crippen LogP contribution < -0.4 is 18.9 Å². The van der Waals surface area contributed by atoms with E-state index in [1.165, 1.54) is 10.5 Å². The second-order valence-electron chi connectivity index (χ2n) is 20.5. The highest BCUT2D eigenvalue weighted by molar-refractivity contribution is 5.76. The molecule has 0 radical (unpaired) electrons. The molecule has 1 N–H and O–H groups in total. The number of nitrogens with zero attached hydrogens (tertiary/aromatic N) is 4. The van der Waals surface area contributed by atoms with Crippen molar-refractivity contribution < 1.29 is 56.7 Å². The van der Waals surface area contributed by atoms with Gasteiger partial charge in [0.25, 0.3) is 0 Å². The Morgan fingerprint density at radius 2 is 1.20 bits per heavy atom. The van der Waals surface area contributed by atoms with E-state index in [0.717, 1.165) is 87.8 Å². The van der Waals surface area contributed by atoms with Crippen LogP contribution in [0.5, 0.6) is 23.0 Å². The number of carboxylic acids is 1. The lowest BCUT2D eigenvalue weighted by Gasteiger charge is -2.20. The maximum atomic E-state index is 12.6. The first-order chi connectivity index (χ1) is 37.8. The number of hydrogen-bond acceptors (Lipinski definition) is 14. The van der Waals surface area contributed by atoms with Crippen molar-refractivity contribution in [3.05, 3.63) is 167 Å². The number of methoxy groups -OCH3 is 2. The highest BCUT2D eigenvalue weighted by Crippen LogP contribution is 2.44. The molecule has 2 aromatic heterocycles. The SMILES string of the molecule is C.COc1ccc(-c2nc(CCOc3ccc(C[C@@H]4CN(C(=O)OCC(C)C)C[C@@H]4C(=O)O)cc3)c(C)o2)cc1.COc1ccc(-c2nc(CCOc3ccc([C@H]4OC(=O)[C@@H]5CN(Cc6ccccc6)C[C@H]45)cc3)c(C)o2)cc1. The maximum Gasteiger partial charge on any atom is 0.409 e. The second-order valence-corrected chi connectivity index (χ2v) is 20.5. The minimum atomic E-state index is -0.891. The molecule has 0 unspecified atom stereocenters. The number of rotatable bonds is 20. The van der Waals surface area contributed by atoms with Crippen molar-refractivity contribution in [3.8, 4) is 45.9 Å². The summed E-state index contributed by atoms with van der Waals surface area (Å²) in [4.78, 5) is 50.0. The van der Waals surface area contributed by atoms with E-state index >= 15 is 0 Å². The van der Waals surface area contributed by atoms with Crippen molar-refractivity contribution in [2.45, 2.75) is 67.0 Å². The highest BCUT2D eigenvalue weighted by Gasteiger charge is 2.50. The van der Waals surface area contributed by atoms with E-state index in [9.17, 15) is 19.5 Å². The fourth-order valence-electron chi connectivity index (χ4n) is 10.2. The Hall–Kier alpha value is -8.11. The monoisotopic (exact) mass is 1080 g/mol. The van der Waals surface area contributed by atoms with Gasteiger partial charge in [-0.05, 0) is 122 Å². The largest absolute Gasteiger partial charge is 0.497 e. The number of benzene rings is 5. The van der Waals surface area contributed by atoms with Crippen LogP contribution in [0.15, 0.2) is 136 Å². The predicted octanol–water partition coefficient (Wildman–Crippen LogP) is 11.5. The van der Waals surface area contributed by atoms with E-state index in [0.29, 0.717) is 57.4 Å². The van der Waals surface area contributed by atoms with Gasteiger partial charge in [0.05, 0.1) is 57.3 Å². The molecular formula is C63H72N4O12. The van der Waals surface area contributed by atoms with Crippen molar-refractivity contribution in [2.24, 2.45) is 29.6 Å². The number of aromatic nitrogens is 2. The van der Waals surface area contributed by atoms with Gasteiger partial charge >= 0.3 is 18.0 Å². The van der Waals surface area contributed by atoms with Crippen molar-refractivity contribution >= 4 is 18.0 Å². The summed E-state index contributed by atoms with van der Waals surface area (Å²) in [7, 11) is 3.27. The first kappa shape index (κ1) is 57.1. The smallest absolute Gasteiger partial charge is 0.409 e. The van der Waals surface area contributed by atoms with E-state index in [-0.39, 0.29) is 49.7 Å². The Morgan fingerprint density at radius 3 is 1.72 bits per heavy atom. The van der Waals surface area contributed by atoms with Gasteiger partial charge in [0.15, 0.2) is 0 Å². The van der Waals surface area contributed by atoms with Gasteiger partial charge in [0.2, 0.25) is 11.8 Å². The number of oxazole rings is 2. The molecule has 5 aromatic carbocycles. The number of fused-ring (bicyclic) bond motifs is 1. The van der Waals surface area contributed by atoms with Crippen molar-refractivity contribution in [3.63, 3.8) is 0 Å². The number of amides is 1. The second kappa shape index (κ2) is 26.5. The molecule has 5 heterocycles. The van der Waals surface area contributed by atoms with Gasteiger partial charge in [-0.3, -0.25) is 14.5 Å². The number of esters is 1. The molecule has 5 atom stereocenters. The van der Waals surface area contributed by atoms with Crippen LogP contribution in [-0.4, -0.2) is 103 Å². The lowest BCUT2D eigenvalue weighted by atomic mass is 9.90. The van der Waals surface area contributed by atoms with Gasteiger partial charge < -0.3 is 47.3 Å². The Kier molecular flexibility index (Phi) is 19.1. The Balaban J connectivity index is 0.000000205. The molecule has 10 rings (SSSR count). The summed E-state index contributed by atoms with van der Waals surface area (Å²) in [5.41, 5.74) is 6.78. The normalized spacial score (nSPS) is 18.5. The molecule has 416 valence electrons. The number of carbonyl (C=O) groups excluding carboxylic acids is 2. The lowest BCUT2D eigenvalue weighted by Crippen LogP contribution is -2.31. The molecule has 3 aliphatic rings. The predicted molar refractivity (Wildman–Crippen MR) is 298 cm³/mol. The van der Waals surface area contributed by atoms with Crippen molar-refractivity contribution in [2.75, 3.05) is 60.2 Å². The van der Waals surface area contributed by atoms with Gasteiger partial charge in [0.1, 0.15) is 40.6 Å².